The summed E-state index contributed by atoms with van der Waals surface area (Å²) in [4.78, 5) is 7.30. The number of hydrogen-bond acceptors (Lipinski definition) is 4. The second-order valence-corrected chi connectivity index (χ2v) is 2.36. The van der Waals surface area contributed by atoms with E-state index >= 15 is 0 Å². The summed E-state index contributed by atoms with van der Waals surface area (Å²) in [6.45, 7) is -2.72. The molecule has 0 saturated heterocycles. The molecule has 0 aliphatic heterocycles. The quantitative estimate of drug-likeness (QED) is 0.844. The van der Waals surface area contributed by atoms with E-state index in [-0.39, 0.29) is 36.3 Å². The second kappa shape index (κ2) is 5.04. The van der Waals surface area contributed by atoms with E-state index < -0.39 is 6.55 Å². The summed E-state index contributed by atoms with van der Waals surface area (Å²) >= 11 is 0. The molecule has 0 radical (unpaired) electrons. The zero-order valence-electron chi connectivity index (χ0n) is 7.17. The lowest BCUT2D eigenvalue weighted by atomic mass is 10.4. The monoisotopic (exact) mass is 257 g/mol. The van der Waals surface area contributed by atoms with Crippen molar-refractivity contribution in [1.29, 1.82) is 0 Å². The molecule has 0 unspecified atom stereocenters. The van der Waals surface area contributed by atoms with Gasteiger partial charge in [-0.25, -0.2) is 9.97 Å². The zero-order valence-corrected chi connectivity index (χ0v) is 8.80. The van der Waals surface area contributed by atoms with Crippen LogP contribution in [0.15, 0.2) is 12.5 Å². The molecule has 0 fully saturated rings. The average Bonchev–Trinajstić information content (AvgIpc) is 2.48. The molecule has 2 N–H and O–H groups in total. The van der Waals surface area contributed by atoms with Crippen LogP contribution < -0.4 is 5.73 Å². The summed E-state index contributed by atoms with van der Waals surface area (Å²) in [5.74, 6) is 0.150. The van der Waals surface area contributed by atoms with Crippen LogP contribution in [0.1, 0.15) is 6.55 Å². The minimum absolute atomic E-state index is 0. The maximum atomic E-state index is 12.3. The van der Waals surface area contributed by atoms with Crippen LogP contribution in [0.5, 0.6) is 0 Å². The van der Waals surface area contributed by atoms with Gasteiger partial charge < -0.3 is 5.73 Å². The number of aromatic nitrogens is 4. The third-order valence-electron chi connectivity index (χ3n) is 1.61. The average molecular weight is 258 g/mol. The number of hydrogen-bond donors (Lipinski definition) is 1. The summed E-state index contributed by atoms with van der Waals surface area (Å²) in [6, 6.07) is 0. The highest BCUT2D eigenvalue weighted by atomic mass is 35.5. The highest BCUT2D eigenvalue weighted by molar-refractivity contribution is 5.85. The molecular weight excluding hydrogens is 251 g/mol. The van der Waals surface area contributed by atoms with Crippen molar-refractivity contribution >= 4 is 41.7 Å². The number of fused-ring (bicyclic) bond motifs is 1. The Morgan fingerprint density at radius 2 is 1.93 bits per heavy atom. The van der Waals surface area contributed by atoms with Crippen LogP contribution in [-0.4, -0.2) is 19.7 Å². The summed E-state index contributed by atoms with van der Waals surface area (Å²) < 4.78 is 25.0. The first-order valence-electron chi connectivity index (χ1n) is 3.42. The van der Waals surface area contributed by atoms with Crippen LogP contribution in [-0.2, 0) is 0 Å². The first-order chi connectivity index (χ1) is 6.20. The highest BCUT2D eigenvalue weighted by Gasteiger charge is 2.13. The van der Waals surface area contributed by atoms with E-state index in [9.17, 15) is 8.78 Å². The van der Waals surface area contributed by atoms with Gasteiger partial charge in [-0.3, -0.25) is 0 Å². The van der Waals surface area contributed by atoms with Gasteiger partial charge in [0.15, 0.2) is 5.65 Å². The minimum Gasteiger partial charge on any atom is -0.383 e. The number of nitrogen functional groups attached to an aromatic ring is 1. The first kappa shape index (κ1) is 13.8. The van der Waals surface area contributed by atoms with Gasteiger partial charge in [-0.15, -0.1) is 24.8 Å². The molecule has 2 rings (SSSR count). The molecule has 0 spiro atoms. The maximum absolute atomic E-state index is 12.3. The van der Waals surface area contributed by atoms with Crippen molar-refractivity contribution in [1.82, 2.24) is 19.7 Å². The van der Waals surface area contributed by atoms with E-state index in [0.717, 1.165) is 6.33 Å². The largest absolute Gasteiger partial charge is 0.383 e. The Hall–Kier alpha value is -1.21. The van der Waals surface area contributed by atoms with Crippen LogP contribution in [0.4, 0.5) is 14.6 Å². The van der Waals surface area contributed by atoms with Gasteiger partial charge in [0, 0.05) is 0 Å². The van der Waals surface area contributed by atoms with Gasteiger partial charge in [0.2, 0.25) is 0 Å². The Balaban J connectivity index is 0.000000980. The number of alkyl halides is 2. The van der Waals surface area contributed by atoms with E-state index in [1.54, 1.807) is 0 Å². The molecule has 5 nitrogen and oxygen atoms in total. The summed E-state index contributed by atoms with van der Waals surface area (Å²) in [7, 11) is 0. The molecule has 2 aromatic rings. The van der Waals surface area contributed by atoms with Crippen molar-refractivity contribution in [2.24, 2.45) is 0 Å². The number of rotatable bonds is 1. The SMILES string of the molecule is Cl.Cl.Nc1ncnc2c1cnn2C(F)F. The van der Waals surface area contributed by atoms with Crippen LogP contribution in [0.25, 0.3) is 11.0 Å². The molecule has 2 heterocycles. The number of halogens is 4. The summed E-state index contributed by atoms with van der Waals surface area (Å²) in [6.07, 6.45) is 2.34. The fraction of sp³-hybridized carbons (Fsp3) is 0.167. The van der Waals surface area contributed by atoms with Gasteiger partial charge in [-0.05, 0) is 0 Å². The molecule has 84 valence electrons. The zero-order chi connectivity index (χ0) is 9.42. The smallest absolute Gasteiger partial charge is 0.335 e. The fourth-order valence-electron chi connectivity index (χ4n) is 1.02. The lowest BCUT2D eigenvalue weighted by Crippen LogP contribution is -2.01. The van der Waals surface area contributed by atoms with Crippen molar-refractivity contribution in [3.05, 3.63) is 12.5 Å². The normalized spacial score (nSPS) is 9.80. The minimum atomic E-state index is -2.72. The van der Waals surface area contributed by atoms with E-state index in [1.807, 2.05) is 0 Å². The Bertz CT molecular complexity index is 446. The molecule has 0 saturated carbocycles. The van der Waals surface area contributed by atoms with Crippen LogP contribution in [0.3, 0.4) is 0 Å². The number of anilines is 1. The van der Waals surface area contributed by atoms with Gasteiger partial charge in [0.1, 0.15) is 12.1 Å². The molecule has 0 aromatic carbocycles. The molecule has 0 aliphatic rings. The van der Waals surface area contributed by atoms with Crippen molar-refractivity contribution in [3.8, 4) is 0 Å². The van der Waals surface area contributed by atoms with Gasteiger partial charge in [-0.1, -0.05) is 0 Å². The predicted octanol–water partition coefficient (Wildman–Crippen LogP) is 1.65. The fourth-order valence-corrected chi connectivity index (χ4v) is 1.02. The van der Waals surface area contributed by atoms with Crippen LogP contribution in [0.2, 0.25) is 0 Å². The van der Waals surface area contributed by atoms with Crippen molar-refractivity contribution < 1.29 is 8.78 Å². The lowest BCUT2D eigenvalue weighted by Gasteiger charge is -1.99. The number of nitrogens with two attached hydrogens (primary N) is 1. The van der Waals surface area contributed by atoms with Gasteiger partial charge in [0.25, 0.3) is 0 Å². The maximum Gasteiger partial charge on any atom is 0.335 e. The Labute approximate surface area is 95.5 Å². The molecule has 0 aliphatic carbocycles. The molecule has 9 heteroatoms. The third kappa shape index (κ3) is 2.24. The second-order valence-electron chi connectivity index (χ2n) is 2.36. The summed E-state index contributed by atoms with van der Waals surface area (Å²) in [5.41, 5.74) is 5.46. The van der Waals surface area contributed by atoms with Gasteiger partial charge in [0.05, 0.1) is 11.6 Å². The lowest BCUT2D eigenvalue weighted by molar-refractivity contribution is 0.0609. The molecule has 0 amide bonds. The van der Waals surface area contributed by atoms with E-state index in [1.165, 1.54) is 6.20 Å². The topological polar surface area (TPSA) is 69.6 Å². The molecule has 15 heavy (non-hydrogen) atoms. The van der Waals surface area contributed by atoms with Crippen LogP contribution in [0, 0.1) is 0 Å². The Kier molecular flexibility index (Phi) is 4.63. The van der Waals surface area contributed by atoms with E-state index in [2.05, 4.69) is 15.1 Å². The van der Waals surface area contributed by atoms with Crippen LogP contribution >= 0.6 is 24.8 Å². The number of nitrogens with zero attached hydrogens (tertiary/aromatic N) is 4. The van der Waals surface area contributed by atoms with Gasteiger partial charge in [-0.2, -0.15) is 18.6 Å². The molecule has 0 atom stereocenters. The Morgan fingerprint density at radius 3 is 2.53 bits per heavy atom. The van der Waals surface area contributed by atoms with E-state index in [0.29, 0.717) is 10.1 Å². The molecule has 2 aromatic heterocycles. The Morgan fingerprint density at radius 1 is 1.27 bits per heavy atom. The van der Waals surface area contributed by atoms with Crippen molar-refractivity contribution in [2.75, 3.05) is 5.73 Å². The van der Waals surface area contributed by atoms with Crippen molar-refractivity contribution in [2.45, 2.75) is 6.55 Å². The standard InChI is InChI=1S/C6H5F2N5.2ClH/c7-6(8)13-5-3(1-12-13)4(9)10-2-11-5;;/h1-2,6H,(H2,9,10,11);2*1H. The third-order valence-corrected chi connectivity index (χ3v) is 1.61. The molecule has 0 bridgehead atoms. The predicted molar refractivity (Wildman–Crippen MR) is 55.5 cm³/mol. The van der Waals surface area contributed by atoms with Crippen molar-refractivity contribution in [3.63, 3.8) is 0 Å². The van der Waals surface area contributed by atoms with Gasteiger partial charge >= 0.3 is 6.55 Å². The molecular formula is C6H7Cl2F2N5. The highest BCUT2D eigenvalue weighted by Crippen LogP contribution is 2.19. The summed E-state index contributed by atoms with van der Waals surface area (Å²) in [5, 5.41) is 3.78. The first-order valence-corrected chi connectivity index (χ1v) is 3.42. The van der Waals surface area contributed by atoms with E-state index in [4.69, 9.17) is 5.73 Å².